The molecule has 3 aromatic rings. The van der Waals surface area contributed by atoms with Gasteiger partial charge in [0.1, 0.15) is 11.6 Å². The number of nitrogens with zero attached hydrogens (tertiary/aromatic N) is 4. The number of benzene rings is 2. The van der Waals surface area contributed by atoms with Gasteiger partial charge in [0, 0.05) is 30.4 Å². The van der Waals surface area contributed by atoms with Gasteiger partial charge in [0.2, 0.25) is 0 Å². The zero-order valence-corrected chi connectivity index (χ0v) is 16.2. The van der Waals surface area contributed by atoms with Gasteiger partial charge in [0.25, 0.3) is 5.91 Å². The van der Waals surface area contributed by atoms with Crippen molar-refractivity contribution < 1.29 is 4.79 Å². The summed E-state index contributed by atoms with van der Waals surface area (Å²) >= 11 is 0. The lowest BCUT2D eigenvalue weighted by atomic mass is 10.0. The van der Waals surface area contributed by atoms with Crippen LogP contribution in [-0.4, -0.2) is 33.7 Å². The van der Waals surface area contributed by atoms with E-state index in [0.717, 1.165) is 41.8 Å². The predicted octanol–water partition coefficient (Wildman–Crippen LogP) is 4.46. The Hall–Kier alpha value is -3.65. The molecule has 2 heterocycles. The van der Waals surface area contributed by atoms with Crippen LogP contribution in [0.25, 0.3) is 23.0 Å². The van der Waals surface area contributed by atoms with E-state index in [1.54, 1.807) is 15.7 Å². The highest BCUT2D eigenvalue weighted by Crippen LogP contribution is 2.26. The fraction of sp³-hybridized carbons (Fsp3) is 0.208. The van der Waals surface area contributed by atoms with Crippen LogP contribution in [0.4, 0.5) is 0 Å². The summed E-state index contributed by atoms with van der Waals surface area (Å²) in [5.74, 6) is -0.196. The van der Waals surface area contributed by atoms with Gasteiger partial charge in [-0.25, -0.2) is 4.68 Å². The number of rotatable bonds is 4. The van der Waals surface area contributed by atoms with Crippen LogP contribution in [0.15, 0.2) is 72.4 Å². The quantitative estimate of drug-likeness (QED) is 0.494. The fourth-order valence-electron chi connectivity index (χ4n) is 3.59. The van der Waals surface area contributed by atoms with E-state index in [2.05, 4.69) is 6.07 Å². The van der Waals surface area contributed by atoms with Gasteiger partial charge in [-0.05, 0) is 37.5 Å². The maximum atomic E-state index is 12.9. The summed E-state index contributed by atoms with van der Waals surface area (Å²) in [5, 5.41) is 14.4. The van der Waals surface area contributed by atoms with Gasteiger partial charge in [0.15, 0.2) is 0 Å². The molecule has 1 fully saturated rings. The Morgan fingerprint density at radius 1 is 0.966 bits per heavy atom. The first-order valence-corrected chi connectivity index (χ1v) is 9.88. The standard InChI is InChI=1S/C24H22N4O/c25-17-20(24(29)27-14-8-3-9-15-27)16-21-18-28(22-12-6-2-7-13-22)26-23(21)19-10-4-1-5-11-19/h1-2,4-7,10-13,16,18H,3,8-9,14-15H2. The van der Waals surface area contributed by atoms with Crippen molar-refractivity contribution in [2.45, 2.75) is 19.3 Å². The average molecular weight is 382 g/mol. The van der Waals surface area contributed by atoms with Crippen molar-refractivity contribution >= 4 is 12.0 Å². The molecule has 144 valence electrons. The summed E-state index contributed by atoms with van der Waals surface area (Å²) in [7, 11) is 0. The molecule has 0 unspecified atom stereocenters. The number of nitriles is 1. The number of amides is 1. The number of piperidine rings is 1. The minimum absolute atomic E-state index is 0.150. The Balaban J connectivity index is 1.76. The van der Waals surface area contributed by atoms with E-state index < -0.39 is 0 Å². The van der Waals surface area contributed by atoms with E-state index in [-0.39, 0.29) is 11.5 Å². The second-order valence-electron chi connectivity index (χ2n) is 7.10. The molecule has 0 N–H and O–H groups in total. The Bertz CT molecular complexity index is 1060. The first-order valence-electron chi connectivity index (χ1n) is 9.88. The van der Waals surface area contributed by atoms with E-state index in [1.807, 2.05) is 66.9 Å². The van der Waals surface area contributed by atoms with Gasteiger partial charge in [-0.3, -0.25) is 4.79 Å². The van der Waals surface area contributed by atoms with Crippen LogP contribution >= 0.6 is 0 Å². The minimum atomic E-state index is -0.196. The third-order valence-electron chi connectivity index (χ3n) is 5.10. The molecule has 1 aliphatic heterocycles. The summed E-state index contributed by atoms with van der Waals surface area (Å²) < 4.78 is 1.79. The van der Waals surface area contributed by atoms with Crippen LogP contribution in [-0.2, 0) is 4.79 Å². The molecule has 29 heavy (non-hydrogen) atoms. The molecule has 5 nitrogen and oxygen atoms in total. The van der Waals surface area contributed by atoms with Crippen LogP contribution < -0.4 is 0 Å². The monoisotopic (exact) mass is 382 g/mol. The van der Waals surface area contributed by atoms with Crippen LogP contribution in [0, 0.1) is 11.3 Å². The number of hydrogen-bond donors (Lipinski definition) is 0. The number of likely N-dealkylation sites (tertiary alicyclic amines) is 1. The molecular formula is C24H22N4O. The van der Waals surface area contributed by atoms with E-state index in [9.17, 15) is 10.1 Å². The van der Waals surface area contributed by atoms with Gasteiger partial charge in [-0.2, -0.15) is 10.4 Å². The zero-order chi connectivity index (χ0) is 20.1. The lowest BCUT2D eigenvalue weighted by Crippen LogP contribution is -2.36. The van der Waals surface area contributed by atoms with Gasteiger partial charge >= 0.3 is 0 Å². The van der Waals surface area contributed by atoms with Crippen LogP contribution in [0.2, 0.25) is 0 Å². The van der Waals surface area contributed by atoms with Crippen molar-refractivity contribution in [2.24, 2.45) is 0 Å². The maximum absolute atomic E-state index is 12.9. The second kappa shape index (κ2) is 8.57. The predicted molar refractivity (Wildman–Crippen MR) is 113 cm³/mol. The Kier molecular flexibility index (Phi) is 5.53. The van der Waals surface area contributed by atoms with Gasteiger partial charge in [0.05, 0.1) is 11.4 Å². The third kappa shape index (κ3) is 4.12. The summed E-state index contributed by atoms with van der Waals surface area (Å²) in [5.41, 5.74) is 3.51. The zero-order valence-electron chi connectivity index (χ0n) is 16.2. The van der Waals surface area contributed by atoms with Crippen LogP contribution in [0.3, 0.4) is 0 Å². The molecule has 1 saturated heterocycles. The Labute approximate surface area is 170 Å². The van der Waals surface area contributed by atoms with Crippen molar-refractivity contribution in [2.75, 3.05) is 13.1 Å². The molecular weight excluding hydrogens is 360 g/mol. The summed E-state index contributed by atoms with van der Waals surface area (Å²) in [6, 6.07) is 21.7. The molecule has 0 radical (unpaired) electrons. The highest BCUT2D eigenvalue weighted by molar-refractivity contribution is 6.02. The molecule has 0 bridgehead atoms. The highest BCUT2D eigenvalue weighted by atomic mass is 16.2. The minimum Gasteiger partial charge on any atom is -0.338 e. The number of aromatic nitrogens is 2. The average Bonchev–Trinajstić information content (AvgIpc) is 3.23. The van der Waals surface area contributed by atoms with Crippen LogP contribution in [0.5, 0.6) is 0 Å². The van der Waals surface area contributed by atoms with E-state index >= 15 is 0 Å². The summed E-state index contributed by atoms with van der Waals surface area (Å²) in [6.45, 7) is 1.43. The number of carbonyl (C=O) groups is 1. The second-order valence-corrected chi connectivity index (χ2v) is 7.10. The number of hydrogen-bond acceptors (Lipinski definition) is 3. The highest BCUT2D eigenvalue weighted by Gasteiger charge is 2.21. The molecule has 4 rings (SSSR count). The molecule has 0 saturated carbocycles. The molecule has 0 spiro atoms. The van der Waals surface area contributed by atoms with Crippen molar-refractivity contribution in [1.29, 1.82) is 5.26 Å². The van der Waals surface area contributed by atoms with E-state index in [1.165, 1.54) is 0 Å². The lowest BCUT2D eigenvalue weighted by molar-refractivity contribution is -0.127. The van der Waals surface area contributed by atoms with Crippen LogP contribution in [0.1, 0.15) is 24.8 Å². The number of para-hydroxylation sites is 1. The lowest BCUT2D eigenvalue weighted by Gasteiger charge is -2.26. The van der Waals surface area contributed by atoms with Crippen molar-refractivity contribution in [3.05, 3.63) is 78.0 Å². The molecule has 2 aromatic carbocycles. The Morgan fingerprint density at radius 2 is 1.62 bits per heavy atom. The van der Waals surface area contributed by atoms with E-state index in [0.29, 0.717) is 13.1 Å². The van der Waals surface area contributed by atoms with Gasteiger partial charge in [-0.1, -0.05) is 48.5 Å². The molecule has 1 amide bonds. The van der Waals surface area contributed by atoms with Gasteiger partial charge in [-0.15, -0.1) is 0 Å². The molecule has 0 atom stereocenters. The topological polar surface area (TPSA) is 61.9 Å². The van der Waals surface area contributed by atoms with Crippen molar-refractivity contribution in [3.8, 4) is 23.0 Å². The smallest absolute Gasteiger partial charge is 0.264 e. The summed E-state index contributed by atoms with van der Waals surface area (Å²) in [6.07, 6.45) is 6.67. The first kappa shape index (κ1) is 18.7. The van der Waals surface area contributed by atoms with Gasteiger partial charge < -0.3 is 4.90 Å². The molecule has 5 heteroatoms. The molecule has 1 aliphatic rings. The van der Waals surface area contributed by atoms with Crippen molar-refractivity contribution in [1.82, 2.24) is 14.7 Å². The van der Waals surface area contributed by atoms with E-state index in [4.69, 9.17) is 5.10 Å². The first-order chi connectivity index (χ1) is 14.3. The number of carbonyl (C=O) groups excluding carboxylic acids is 1. The fourth-order valence-corrected chi connectivity index (χ4v) is 3.59. The van der Waals surface area contributed by atoms with Crippen molar-refractivity contribution in [3.63, 3.8) is 0 Å². The molecule has 1 aromatic heterocycles. The molecule has 0 aliphatic carbocycles. The normalized spacial score (nSPS) is 14.4. The Morgan fingerprint density at radius 3 is 2.28 bits per heavy atom. The summed E-state index contributed by atoms with van der Waals surface area (Å²) in [4.78, 5) is 14.6. The SMILES string of the molecule is N#CC(=Cc1cn(-c2ccccc2)nc1-c1ccccc1)C(=O)N1CCCCC1. The maximum Gasteiger partial charge on any atom is 0.264 e. The largest absolute Gasteiger partial charge is 0.338 e. The third-order valence-corrected chi connectivity index (χ3v) is 5.10.